The number of hydrogen-bond donors (Lipinski definition) is 1. The van der Waals surface area contributed by atoms with E-state index in [-0.39, 0.29) is 0 Å². The van der Waals surface area contributed by atoms with E-state index in [1.807, 2.05) is 0 Å². The van der Waals surface area contributed by atoms with Crippen molar-refractivity contribution in [1.29, 1.82) is 0 Å². The van der Waals surface area contributed by atoms with Gasteiger partial charge in [0.2, 0.25) is 0 Å². The highest BCUT2D eigenvalue weighted by Gasteiger charge is 2.21. The summed E-state index contributed by atoms with van der Waals surface area (Å²) in [6.07, 6.45) is 5.10. The lowest BCUT2D eigenvalue weighted by Crippen LogP contribution is -2.32. The number of ether oxygens (including phenoxy) is 1. The molecule has 2 nitrogen and oxygen atoms in total. The fourth-order valence-electron chi connectivity index (χ4n) is 1.85. The van der Waals surface area contributed by atoms with Gasteiger partial charge >= 0.3 is 0 Å². The molecule has 2 heteroatoms. The van der Waals surface area contributed by atoms with Crippen molar-refractivity contribution < 1.29 is 4.74 Å². The van der Waals surface area contributed by atoms with Gasteiger partial charge in [-0.15, -0.1) is 0 Å². The fourth-order valence-corrected chi connectivity index (χ4v) is 1.85. The predicted octanol–water partition coefficient (Wildman–Crippen LogP) is 3.16. The van der Waals surface area contributed by atoms with Gasteiger partial charge in [0.15, 0.2) is 0 Å². The molecule has 1 aliphatic carbocycles. The van der Waals surface area contributed by atoms with Crippen LogP contribution in [0.3, 0.4) is 0 Å². The molecule has 0 aliphatic heterocycles. The van der Waals surface area contributed by atoms with Crippen LogP contribution >= 0.6 is 0 Å². The van der Waals surface area contributed by atoms with E-state index in [9.17, 15) is 0 Å². The highest BCUT2D eigenvalue weighted by atomic mass is 16.5. The van der Waals surface area contributed by atoms with Crippen LogP contribution in [0.5, 0.6) is 5.75 Å². The molecule has 0 radical (unpaired) electrons. The molecular formula is C15H23NO. The minimum absolute atomic E-state index is 0.295. The van der Waals surface area contributed by atoms with Gasteiger partial charge in [-0.25, -0.2) is 0 Å². The Morgan fingerprint density at radius 3 is 2.47 bits per heavy atom. The zero-order valence-corrected chi connectivity index (χ0v) is 10.9. The third-order valence-corrected chi connectivity index (χ3v) is 3.30. The van der Waals surface area contributed by atoms with Crippen LogP contribution in [0.15, 0.2) is 24.3 Å². The number of benzene rings is 1. The standard InChI is InChI=1S/C15H23NO/c1-3-12-5-9-15(10-6-12)17-14(4-2)11-16-13-7-8-13/h5-6,9-10,13-14,16H,3-4,7-8,11H2,1-2H3. The Balaban J connectivity index is 1.82. The van der Waals surface area contributed by atoms with Crippen molar-refractivity contribution in [3.63, 3.8) is 0 Å². The van der Waals surface area contributed by atoms with Crippen molar-refractivity contribution in [3.05, 3.63) is 29.8 Å². The fraction of sp³-hybridized carbons (Fsp3) is 0.600. The molecule has 1 N–H and O–H groups in total. The summed E-state index contributed by atoms with van der Waals surface area (Å²) in [7, 11) is 0. The molecule has 1 aromatic rings. The first-order valence-corrected chi connectivity index (χ1v) is 6.80. The van der Waals surface area contributed by atoms with Crippen molar-refractivity contribution in [2.75, 3.05) is 6.54 Å². The number of nitrogens with one attached hydrogen (secondary N) is 1. The number of aryl methyl sites for hydroxylation is 1. The summed E-state index contributed by atoms with van der Waals surface area (Å²) >= 11 is 0. The van der Waals surface area contributed by atoms with Gasteiger partial charge in [0, 0.05) is 12.6 Å². The molecule has 1 fully saturated rings. The van der Waals surface area contributed by atoms with Crippen molar-refractivity contribution in [1.82, 2.24) is 5.32 Å². The van der Waals surface area contributed by atoms with E-state index in [0.717, 1.165) is 31.2 Å². The van der Waals surface area contributed by atoms with Crippen LogP contribution in [0.25, 0.3) is 0 Å². The minimum atomic E-state index is 0.295. The highest BCUT2D eigenvalue weighted by molar-refractivity contribution is 5.27. The third kappa shape index (κ3) is 4.04. The molecule has 0 bridgehead atoms. The third-order valence-electron chi connectivity index (χ3n) is 3.30. The second-order valence-electron chi connectivity index (χ2n) is 4.83. The molecule has 1 unspecified atom stereocenters. The van der Waals surface area contributed by atoms with E-state index in [1.165, 1.54) is 18.4 Å². The van der Waals surface area contributed by atoms with Gasteiger partial charge in [-0.1, -0.05) is 26.0 Å². The van der Waals surface area contributed by atoms with E-state index in [0.29, 0.717) is 6.10 Å². The Bertz CT molecular complexity index is 329. The van der Waals surface area contributed by atoms with Gasteiger partial charge < -0.3 is 10.1 Å². The maximum Gasteiger partial charge on any atom is 0.119 e. The zero-order chi connectivity index (χ0) is 12.1. The van der Waals surface area contributed by atoms with Crippen LogP contribution in [0.4, 0.5) is 0 Å². The first-order chi connectivity index (χ1) is 8.31. The largest absolute Gasteiger partial charge is 0.489 e. The van der Waals surface area contributed by atoms with Crippen LogP contribution in [-0.2, 0) is 6.42 Å². The lowest BCUT2D eigenvalue weighted by molar-refractivity contribution is 0.193. The lowest BCUT2D eigenvalue weighted by atomic mass is 10.2. The Kier molecular flexibility index (Phi) is 4.43. The average molecular weight is 233 g/mol. The molecule has 0 heterocycles. The average Bonchev–Trinajstić information content (AvgIpc) is 3.19. The topological polar surface area (TPSA) is 21.3 Å². The zero-order valence-electron chi connectivity index (χ0n) is 10.9. The predicted molar refractivity (Wildman–Crippen MR) is 71.6 cm³/mol. The van der Waals surface area contributed by atoms with Gasteiger partial charge in [-0.3, -0.25) is 0 Å². The van der Waals surface area contributed by atoms with Gasteiger partial charge in [0.05, 0.1) is 0 Å². The minimum Gasteiger partial charge on any atom is -0.489 e. The van der Waals surface area contributed by atoms with Crippen LogP contribution in [0.2, 0.25) is 0 Å². The number of rotatable bonds is 7. The Labute approximate surface area is 104 Å². The van der Waals surface area contributed by atoms with Crippen molar-refractivity contribution in [2.45, 2.75) is 51.7 Å². The smallest absolute Gasteiger partial charge is 0.119 e. The summed E-state index contributed by atoms with van der Waals surface area (Å²) in [6, 6.07) is 9.22. The molecule has 0 spiro atoms. The SMILES string of the molecule is CCc1ccc(OC(CC)CNC2CC2)cc1. The van der Waals surface area contributed by atoms with Gasteiger partial charge in [0.1, 0.15) is 11.9 Å². The Morgan fingerprint density at radius 1 is 1.24 bits per heavy atom. The second-order valence-corrected chi connectivity index (χ2v) is 4.83. The maximum atomic E-state index is 5.98. The van der Waals surface area contributed by atoms with E-state index in [2.05, 4.69) is 43.4 Å². The molecule has 94 valence electrons. The van der Waals surface area contributed by atoms with Crippen LogP contribution < -0.4 is 10.1 Å². The summed E-state index contributed by atoms with van der Waals surface area (Å²) in [5, 5.41) is 3.53. The summed E-state index contributed by atoms with van der Waals surface area (Å²) in [4.78, 5) is 0. The molecular weight excluding hydrogens is 210 g/mol. The van der Waals surface area contributed by atoms with Crippen LogP contribution in [0, 0.1) is 0 Å². The molecule has 1 atom stereocenters. The van der Waals surface area contributed by atoms with Crippen LogP contribution in [0.1, 0.15) is 38.7 Å². The Morgan fingerprint density at radius 2 is 1.94 bits per heavy atom. The molecule has 0 aromatic heterocycles. The molecule has 0 saturated heterocycles. The molecule has 1 aliphatic rings. The van der Waals surface area contributed by atoms with Crippen LogP contribution in [-0.4, -0.2) is 18.7 Å². The summed E-state index contributed by atoms with van der Waals surface area (Å²) < 4.78 is 5.98. The summed E-state index contributed by atoms with van der Waals surface area (Å²) in [6.45, 7) is 5.32. The molecule has 2 rings (SSSR count). The Hall–Kier alpha value is -1.02. The second kappa shape index (κ2) is 6.06. The number of hydrogen-bond acceptors (Lipinski definition) is 2. The molecule has 0 amide bonds. The normalized spacial score (nSPS) is 16.8. The van der Waals surface area contributed by atoms with E-state index >= 15 is 0 Å². The maximum absolute atomic E-state index is 5.98. The quantitative estimate of drug-likeness (QED) is 0.781. The first kappa shape index (κ1) is 12.4. The lowest BCUT2D eigenvalue weighted by Gasteiger charge is -2.18. The van der Waals surface area contributed by atoms with Gasteiger partial charge in [0.25, 0.3) is 0 Å². The highest BCUT2D eigenvalue weighted by Crippen LogP contribution is 2.19. The summed E-state index contributed by atoms with van der Waals surface area (Å²) in [5.41, 5.74) is 1.36. The van der Waals surface area contributed by atoms with E-state index in [4.69, 9.17) is 4.74 Å². The van der Waals surface area contributed by atoms with E-state index < -0.39 is 0 Å². The van der Waals surface area contributed by atoms with Crippen molar-refractivity contribution in [3.8, 4) is 5.75 Å². The molecule has 17 heavy (non-hydrogen) atoms. The van der Waals surface area contributed by atoms with Gasteiger partial charge in [-0.05, 0) is 43.4 Å². The van der Waals surface area contributed by atoms with Crippen molar-refractivity contribution >= 4 is 0 Å². The van der Waals surface area contributed by atoms with Crippen molar-refractivity contribution in [2.24, 2.45) is 0 Å². The first-order valence-electron chi connectivity index (χ1n) is 6.80. The molecule has 1 aromatic carbocycles. The molecule has 1 saturated carbocycles. The summed E-state index contributed by atoms with van der Waals surface area (Å²) in [5.74, 6) is 0.992. The van der Waals surface area contributed by atoms with E-state index in [1.54, 1.807) is 0 Å². The van der Waals surface area contributed by atoms with Gasteiger partial charge in [-0.2, -0.15) is 0 Å². The monoisotopic (exact) mass is 233 g/mol.